The van der Waals surface area contributed by atoms with Crippen LogP contribution in [0.5, 0.6) is 0 Å². The second-order valence-corrected chi connectivity index (χ2v) is 9.75. The number of likely N-dealkylation sites (tertiary alicyclic amines) is 1. The third-order valence-electron chi connectivity index (χ3n) is 6.66. The molecule has 0 atom stereocenters. The number of halogens is 3. The number of benzene rings is 3. The summed E-state index contributed by atoms with van der Waals surface area (Å²) in [5, 5.41) is 9.59. The van der Waals surface area contributed by atoms with Crippen molar-refractivity contribution in [2.24, 2.45) is 5.92 Å². The Morgan fingerprint density at radius 2 is 1.72 bits per heavy atom. The lowest BCUT2D eigenvalue weighted by atomic mass is 9.94. The molecule has 0 unspecified atom stereocenters. The van der Waals surface area contributed by atoms with E-state index in [9.17, 15) is 18.8 Å². The maximum atomic E-state index is 14.4. The molecule has 9 heteroatoms. The highest BCUT2D eigenvalue weighted by molar-refractivity contribution is 6.34. The molecule has 0 radical (unpaired) electrons. The van der Waals surface area contributed by atoms with E-state index in [1.807, 2.05) is 12.1 Å². The molecule has 1 saturated heterocycles. The van der Waals surface area contributed by atoms with Crippen molar-refractivity contribution in [2.75, 3.05) is 24.5 Å². The van der Waals surface area contributed by atoms with Crippen LogP contribution in [-0.2, 0) is 11.2 Å². The average molecular weight is 527 g/mol. The second-order valence-electron chi connectivity index (χ2n) is 8.94. The van der Waals surface area contributed by atoms with Gasteiger partial charge in [-0.25, -0.2) is 4.39 Å². The van der Waals surface area contributed by atoms with Crippen molar-refractivity contribution in [3.63, 3.8) is 0 Å². The van der Waals surface area contributed by atoms with Crippen molar-refractivity contribution in [3.8, 4) is 11.1 Å². The number of amides is 2. The lowest BCUT2D eigenvalue weighted by Gasteiger charge is -2.36. The highest BCUT2D eigenvalue weighted by Gasteiger charge is 2.36. The van der Waals surface area contributed by atoms with Gasteiger partial charge < -0.3 is 14.9 Å². The van der Waals surface area contributed by atoms with Crippen LogP contribution in [-0.4, -0.2) is 47.4 Å². The first-order chi connectivity index (χ1) is 17.2. The van der Waals surface area contributed by atoms with Gasteiger partial charge in [-0.05, 0) is 66.4 Å². The molecule has 5 rings (SSSR count). The van der Waals surface area contributed by atoms with E-state index in [1.165, 1.54) is 28.0 Å². The van der Waals surface area contributed by atoms with Crippen LogP contribution in [0.15, 0.2) is 54.6 Å². The molecule has 184 valence electrons. The number of aliphatic carboxylic acids is 1. The molecule has 3 aromatic rings. The number of carbonyl (C=O) groups excluding carboxylic acids is 2. The molecule has 0 bridgehead atoms. The highest BCUT2D eigenvalue weighted by Crippen LogP contribution is 2.36. The molecular formula is C27H21Cl2FN2O4. The number of nitrogens with zero attached hydrogens (tertiary/aromatic N) is 2. The summed E-state index contributed by atoms with van der Waals surface area (Å²) in [6.07, 6.45) is 1.42. The third kappa shape index (κ3) is 4.33. The van der Waals surface area contributed by atoms with Crippen LogP contribution in [0.4, 0.5) is 10.1 Å². The van der Waals surface area contributed by atoms with Gasteiger partial charge in [-0.3, -0.25) is 14.4 Å². The molecule has 0 aliphatic carbocycles. The molecule has 36 heavy (non-hydrogen) atoms. The Labute approximate surface area is 216 Å². The molecule has 6 nitrogen and oxygen atoms in total. The van der Waals surface area contributed by atoms with E-state index in [0.29, 0.717) is 34.8 Å². The molecule has 2 amide bonds. The number of hydrogen-bond donors (Lipinski definition) is 1. The fourth-order valence-electron chi connectivity index (χ4n) is 4.68. The summed E-state index contributed by atoms with van der Waals surface area (Å²) in [4.78, 5) is 40.1. The number of fused-ring (bicyclic) bond motifs is 1. The third-order valence-corrected chi connectivity index (χ3v) is 7.31. The van der Waals surface area contributed by atoms with Gasteiger partial charge in [-0.1, -0.05) is 35.3 Å². The minimum absolute atomic E-state index is 0.0638. The summed E-state index contributed by atoms with van der Waals surface area (Å²) in [5.74, 6) is -2.85. The van der Waals surface area contributed by atoms with Gasteiger partial charge in [0, 0.05) is 41.5 Å². The van der Waals surface area contributed by atoms with E-state index < -0.39 is 23.6 Å². The van der Waals surface area contributed by atoms with E-state index in [1.54, 1.807) is 24.3 Å². The standard InChI is InChI=1S/C27H21Cl2FN2O4/c28-20-8-6-17(25(33)31-13-18(14-31)27(35)36)12-19(20)15-7-9-23-16(11-15)3-2-10-32(23)26(34)24-21(29)4-1-5-22(24)30/h1,4-9,11-12,18H,2-3,10,13-14H2,(H,35,36). The number of hydrogen-bond acceptors (Lipinski definition) is 3. The largest absolute Gasteiger partial charge is 0.481 e. The summed E-state index contributed by atoms with van der Waals surface area (Å²) < 4.78 is 14.4. The lowest BCUT2D eigenvalue weighted by molar-refractivity contribution is -0.146. The fraction of sp³-hybridized carbons (Fsp3) is 0.222. The predicted molar refractivity (Wildman–Crippen MR) is 135 cm³/mol. The van der Waals surface area contributed by atoms with E-state index in [4.69, 9.17) is 28.3 Å². The van der Waals surface area contributed by atoms with Crippen LogP contribution in [0.2, 0.25) is 10.0 Å². The topological polar surface area (TPSA) is 77.9 Å². The van der Waals surface area contributed by atoms with Gasteiger partial charge in [-0.2, -0.15) is 0 Å². The first kappa shape index (κ1) is 24.3. The minimum atomic E-state index is -0.908. The minimum Gasteiger partial charge on any atom is -0.481 e. The van der Waals surface area contributed by atoms with Crippen LogP contribution in [0.3, 0.4) is 0 Å². The summed E-state index contributed by atoms with van der Waals surface area (Å²) in [5.41, 5.74) is 3.28. The van der Waals surface area contributed by atoms with Crippen LogP contribution in [0, 0.1) is 11.7 Å². The second kappa shape index (κ2) is 9.56. The van der Waals surface area contributed by atoms with Gasteiger partial charge in [0.25, 0.3) is 11.8 Å². The number of carboxylic acids is 1. The highest BCUT2D eigenvalue weighted by atomic mass is 35.5. The quantitative estimate of drug-likeness (QED) is 0.483. The maximum Gasteiger partial charge on any atom is 0.310 e. The van der Waals surface area contributed by atoms with Crippen molar-refractivity contribution in [1.82, 2.24) is 4.90 Å². The average Bonchev–Trinajstić information content (AvgIpc) is 2.82. The van der Waals surface area contributed by atoms with E-state index in [2.05, 4.69) is 0 Å². The van der Waals surface area contributed by atoms with Crippen molar-refractivity contribution in [2.45, 2.75) is 12.8 Å². The van der Waals surface area contributed by atoms with Gasteiger partial charge in [0.2, 0.25) is 0 Å². The lowest BCUT2D eigenvalue weighted by Crippen LogP contribution is -2.53. The zero-order valence-electron chi connectivity index (χ0n) is 19.0. The van der Waals surface area contributed by atoms with Gasteiger partial charge in [0.15, 0.2) is 0 Å². The van der Waals surface area contributed by atoms with Crippen LogP contribution in [0.25, 0.3) is 11.1 Å². The summed E-state index contributed by atoms with van der Waals surface area (Å²) in [6, 6.07) is 14.7. The fourth-order valence-corrected chi connectivity index (χ4v) is 5.15. The Kier molecular flexibility index (Phi) is 6.45. The van der Waals surface area contributed by atoms with Gasteiger partial charge in [-0.15, -0.1) is 0 Å². The Morgan fingerprint density at radius 1 is 0.944 bits per heavy atom. The van der Waals surface area contributed by atoms with Crippen LogP contribution >= 0.6 is 23.2 Å². The number of anilines is 1. The Hall–Kier alpha value is -3.42. The summed E-state index contributed by atoms with van der Waals surface area (Å²) in [6.45, 7) is 0.801. The molecule has 2 aliphatic rings. The van der Waals surface area contributed by atoms with Crippen molar-refractivity contribution >= 4 is 46.7 Å². The van der Waals surface area contributed by atoms with E-state index in [-0.39, 0.29) is 29.6 Å². The Morgan fingerprint density at radius 3 is 2.44 bits per heavy atom. The molecule has 3 aromatic carbocycles. The SMILES string of the molecule is O=C(O)C1CN(C(=O)c2ccc(Cl)c(-c3ccc4c(c3)CCCN4C(=O)c3c(F)cccc3Cl)c2)C1. The van der Waals surface area contributed by atoms with Crippen molar-refractivity contribution < 1.29 is 23.9 Å². The number of carbonyl (C=O) groups is 3. The summed E-state index contributed by atoms with van der Waals surface area (Å²) >= 11 is 12.6. The maximum absolute atomic E-state index is 14.4. The molecular weight excluding hydrogens is 506 g/mol. The molecule has 2 heterocycles. The first-order valence-corrected chi connectivity index (χ1v) is 12.2. The number of rotatable bonds is 4. The molecule has 2 aliphatic heterocycles. The van der Waals surface area contributed by atoms with Gasteiger partial charge >= 0.3 is 5.97 Å². The zero-order valence-corrected chi connectivity index (χ0v) is 20.5. The van der Waals surface area contributed by atoms with Crippen LogP contribution in [0.1, 0.15) is 32.7 Å². The number of carboxylic acid groups (broad SMARTS) is 1. The van der Waals surface area contributed by atoms with Gasteiger partial charge in [0.1, 0.15) is 5.82 Å². The first-order valence-electron chi connectivity index (χ1n) is 11.5. The van der Waals surface area contributed by atoms with Crippen molar-refractivity contribution in [3.05, 3.63) is 87.2 Å². The summed E-state index contributed by atoms with van der Waals surface area (Å²) in [7, 11) is 0. The molecule has 0 aromatic heterocycles. The monoisotopic (exact) mass is 526 g/mol. The van der Waals surface area contributed by atoms with Gasteiger partial charge in [0.05, 0.1) is 16.5 Å². The molecule has 1 fully saturated rings. The molecule has 1 N–H and O–H groups in total. The smallest absolute Gasteiger partial charge is 0.310 e. The zero-order chi connectivity index (χ0) is 25.6. The Balaban J connectivity index is 1.44. The normalized spacial score (nSPS) is 15.3. The van der Waals surface area contributed by atoms with E-state index >= 15 is 0 Å². The van der Waals surface area contributed by atoms with Crippen LogP contribution < -0.4 is 4.90 Å². The predicted octanol–water partition coefficient (Wildman–Crippen LogP) is 5.55. The van der Waals surface area contributed by atoms with Crippen molar-refractivity contribution in [1.29, 1.82) is 0 Å². The van der Waals surface area contributed by atoms with E-state index in [0.717, 1.165) is 17.5 Å². The molecule has 0 saturated carbocycles. The molecule has 0 spiro atoms. The number of aryl methyl sites for hydroxylation is 1. The Bertz CT molecular complexity index is 1380.